The number of aliphatic hydroxyl groups excluding tert-OH is 1. The molecule has 0 radical (unpaired) electrons. The molecule has 1 aromatic heterocycles. The van der Waals surface area contributed by atoms with Crippen LogP contribution < -0.4 is 15.5 Å². The maximum atomic E-state index is 9.94. The van der Waals surface area contributed by atoms with Crippen LogP contribution >= 0.6 is 0 Å². The van der Waals surface area contributed by atoms with E-state index < -0.39 is 0 Å². The fraction of sp³-hybridized carbons (Fsp3) is 0.786. The zero-order valence-corrected chi connectivity index (χ0v) is 12.5. The van der Waals surface area contributed by atoms with Crippen molar-refractivity contribution < 1.29 is 5.11 Å². The first-order valence-corrected chi connectivity index (χ1v) is 7.87. The summed E-state index contributed by atoms with van der Waals surface area (Å²) < 4.78 is 0. The summed E-state index contributed by atoms with van der Waals surface area (Å²) >= 11 is 0. The summed E-state index contributed by atoms with van der Waals surface area (Å²) in [4.78, 5) is 15.5. The second-order valence-electron chi connectivity index (χ2n) is 5.87. The lowest BCUT2D eigenvalue weighted by molar-refractivity contribution is 0.164. The number of hydrogen-bond acceptors (Lipinski definition) is 7. The summed E-state index contributed by atoms with van der Waals surface area (Å²) in [5.74, 6) is 2.27. The largest absolute Gasteiger partial charge is 0.391 e. The lowest BCUT2D eigenvalue weighted by Crippen LogP contribution is -2.32. The Labute approximate surface area is 125 Å². The van der Waals surface area contributed by atoms with Gasteiger partial charge < -0.3 is 20.6 Å². The third-order valence-electron chi connectivity index (χ3n) is 4.12. The molecule has 1 saturated carbocycles. The number of anilines is 3. The second-order valence-corrected chi connectivity index (χ2v) is 5.87. The average Bonchev–Trinajstić information content (AvgIpc) is 3.38. The van der Waals surface area contributed by atoms with Crippen LogP contribution in [0.4, 0.5) is 17.8 Å². The molecule has 1 unspecified atom stereocenters. The molecule has 7 nitrogen and oxygen atoms in total. The summed E-state index contributed by atoms with van der Waals surface area (Å²) in [5, 5.41) is 16.1. The minimum absolute atomic E-state index is 0.307. The molecular formula is C14H24N6O. The molecule has 0 bridgehead atoms. The van der Waals surface area contributed by atoms with Crippen LogP contribution in [-0.2, 0) is 0 Å². The highest BCUT2D eigenvalue weighted by atomic mass is 16.3. The highest BCUT2D eigenvalue weighted by molar-refractivity contribution is 5.43. The van der Waals surface area contributed by atoms with E-state index in [-0.39, 0.29) is 6.10 Å². The molecule has 1 aromatic rings. The van der Waals surface area contributed by atoms with Crippen LogP contribution in [-0.4, -0.2) is 52.8 Å². The molecule has 2 fully saturated rings. The lowest BCUT2D eigenvalue weighted by Gasteiger charge is -2.27. The van der Waals surface area contributed by atoms with E-state index in [0.29, 0.717) is 24.4 Å². The number of piperidine rings is 1. The summed E-state index contributed by atoms with van der Waals surface area (Å²) in [7, 11) is 1.80. The zero-order chi connectivity index (χ0) is 14.7. The van der Waals surface area contributed by atoms with Crippen LogP contribution in [0.5, 0.6) is 0 Å². The van der Waals surface area contributed by atoms with Crippen LogP contribution in [0.15, 0.2) is 0 Å². The van der Waals surface area contributed by atoms with Gasteiger partial charge in [0.25, 0.3) is 0 Å². The predicted octanol–water partition coefficient (Wildman–Crippen LogP) is 1.09. The monoisotopic (exact) mass is 292 g/mol. The standard InChI is InChI=1S/C14H24N6O/c1-15-12-17-13(16-9-11(21)10-5-6-10)19-14(18-12)20-7-3-2-4-8-20/h10-11,21H,2-9H2,1H3,(H2,15,16,17,18,19). The van der Waals surface area contributed by atoms with Crippen molar-refractivity contribution in [1.82, 2.24) is 15.0 Å². The lowest BCUT2D eigenvalue weighted by atomic mass is 10.1. The van der Waals surface area contributed by atoms with Gasteiger partial charge in [-0.25, -0.2) is 0 Å². The summed E-state index contributed by atoms with van der Waals surface area (Å²) in [6.07, 6.45) is 5.59. The Morgan fingerprint density at radius 2 is 1.86 bits per heavy atom. The van der Waals surface area contributed by atoms with Crippen molar-refractivity contribution in [2.75, 3.05) is 42.2 Å². The van der Waals surface area contributed by atoms with Crippen LogP contribution in [0.3, 0.4) is 0 Å². The topological polar surface area (TPSA) is 86.2 Å². The third-order valence-corrected chi connectivity index (χ3v) is 4.12. The SMILES string of the molecule is CNc1nc(NCC(O)C2CC2)nc(N2CCCCC2)n1. The number of aromatic nitrogens is 3. The number of nitrogens with zero attached hydrogens (tertiary/aromatic N) is 4. The Balaban J connectivity index is 1.69. The van der Waals surface area contributed by atoms with Gasteiger partial charge >= 0.3 is 0 Å². The minimum atomic E-state index is -0.307. The maximum Gasteiger partial charge on any atom is 0.231 e. The van der Waals surface area contributed by atoms with E-state index in [1.54, 1.807) is 7.05 Å². The molecule has 0 amide bonds. The minimum Gasteiger partial charge on any atom is -0.391 e. The summed E-state index contributed by atoms with van der Waals surface area (Å²) in [6.45, 7) is 2.49. The van der Waals surface area contributed by atoms with Gasteiger partial charge in [0.15, 0.2) is 0 Å². The molecule has 0 aromatic carbocycles. The van der Waals surface area contributed by atoms with E-state index in [1.807, 2.05) is 0 Å². The number of nitrogens with one attached hydrogen (secondary N) is 2. The number of hydrogen-bond donors (Lipinski definition) is 3. The van der Waals surface area contributed by atoms with Gasteiger partial charge in [0.05, 0.1) is 6.10 Å². The molecule has 1 atom stereocenters. The Hall–Kier alpha value is -1.63. The van der Waals surface area contributed by atoms with Crippen LogP contribution in [0.2, 0.25) is 0 Å². The fourth-order valence-corrected chi connectivity index (χ4v) is 2.63. The highest BCUT2D eigenvalue weighted by Gasteiger charge is 2.29. The van der Waals surface area contributed by atoms with E-state index in [9.17, 15) is 5.11 Å². The molecule has 1 aliphatic carbocycles. The van der Waals surface area contributed by atoms with Gasteiger partial charge in [-0.15, -0.1) is 0 Å². The average molecular weight is 292 g/mol. The Bertz CT molecular complexity index is 473. The first-order valence-electron chi connectivity index (χ1n) is 7.87. The van der Waals surface area contributed by atoms with Crippen molar-refractivity contribution >= 4 is 17.8 Å². The molecule has 2 aliphatic rings. The molecule has 2 heterocycles. The van der Waals surface area contributed by atoms with Crippen molar-refractivity contribution in [3.05, 3.63) is 0 Å². The van der Waals surface area contributed by atoms with Gasteiger partial charge in [-0.05, 0) is 38.0 Å². The predicted molar refractivity (Wildman–Crippen MR) is 82.7 cm³/mol. The summed E-state index contributed by atoms with van der Waals surface area (Å²) in [6, 6.07) is 0. The molecule has 1 aliphatic heterocycles. The number of rotatable bonds is 6. The van der Waals surface area contributed by atoms with Gasteiger partial charge in [0, 0.05) is 26.7 Å². The van der Waals surface area contributed by atoms with Gasteiger partial charge in [-0.2, -0.15) is 15.0 Å². The molecule has 3 rings (SSSR count). The van der Waals surface area contributed by atoms with Crippen molar-refractivity contribution in [2.24, 2.45) is 5.92 Å². The highest BCUT2D eigenvalue weighted by Crippen LogP contribution is 2.32. The zero-order valence-electron chi connectivity index (χ0n) is 12.5. The smallest absolute Gasteiger partial charge is 0.231 e. The maximum absolute atomic E-state index is 9.94. The van der Waals surface area contributed by atoms with Crippen molar-refractivity contribution in [3.8, 4) is 0 Å². The van der Waals surface area contributed by atoms with Crippen LogP contribution in [0.25, 0.3) is 0 Å². The van der Waals surface area contributed by atoms with Crippen molar-refractivity contribution in [2.45, 2.75) is 38.2 Å². The second kappa shape index (κ2) is 6.43. The van der Waals surface area contributed by atoms with Gasteiger partial charge in [0.1, 0.15) is 0 Å². The normalized spacial score (nSPS) is 20.2. The molecule has 116 valence electrons. The molecule has 3 N–H and O–H groups in total. The first kappa shape index (κ1) is 14.3. The van der Waals surface area contributed by atoms with Crippen molar-refractivity contribution in [3.63, 3.8) is 0 Å². The molecule has 7 heteroatoms. The molecule has 21 heavy (non-hydrogen) atoms. The quantitative estimate of drug-likeness (QED) is 0.723. The Morgan fingerprint density at radius 3 is 2.52 bits per heavy atom. The fourth-order valence-electron chi connectivity index (χ4n) is 2.63. The Kier molecular flexibility index (Phi) is 4.38. The molecule has 0 spiro atoms. The first-order chi connectivity index (χ1) is 10.3. The van der Waals surface area contributed by atoms with E-state index in [1.165, 1.54) is 19.3 Å². The number of aliphatic hydroxyl groups is 1. The molecule has 1 saturated heterocycles. The van der Waals surface area contributed by atoms with E-state index in [4.69, 9.17) is 0 Å². The summed E-state index contributed by atoms with van der Waals surface area (Å²) in [5.41, 5.74) is 0. The van der Waals surface area contributed by atoms with E-state index >= 15 is 0 Å². The van der Waals surface area contributed by atoms with Gasteiger partial charge in [-0.1, -0.05) is 0 Å². The van der Waals surface area contributed by atoms with Crippen LogP contribution in [0, 0.1) is 5.92 Å². The van der Waals surface area contributed by atoms with Crippen molar-refractivity contribution in [1.29, 1.82) is 0 Å². The van der Waals surface area contributed by atoms with Gasteiger partial charge in [-0.3, -0.25) is 0 Å². The van der Waals surface area contributed by atoms with Gasteiger partial charge in [0.2, 0.25) is 17.8 Å². The third kappa shape index (κ3) is 3.72. The van der Waals surface area contributed by atoms with Crippen LogP contribution in [0.1, 0.15) is 32.1 Å². The van der Waals surface area contributed by atoms with E-state index in [2.05, 4.69) is 30.5 Å². The molecular weight excluding hydrogens is 268 g/mol. The van der Waals surface area contributed by atoms with E-state index in [0.717, 1.165) is 31.9 Å². The Morgan fingerprint density at radius 1 is 1.14 bits per heavy atom.